The molecule has 0 aliphatic heterocycles. The first-order valence-corrected chi connectivity index (χ1v) is 5.87. The van der Waals surface area contributed by atoms with Gasteiger partial charge in [0.25, 0.3) is 0 Å². The Morgan fingerprint density at radius 1 is 1.35 bits per heavy atom. The maximum absolute atomic E-state index is 11.8. The predicted octanol–water partition coefficient (Wildman–Crippen LogP) is 0.404. The number of amides is 2. The van der Waals surface area contributed by atoms with Gasteiger partial charge in [0.05, 0.1) is 6.10 Å². The fraction of sp³-hybridized carbons (Fsp3) is 0.818. The molecule has 1 fully saturated rings. The van der Waals surface area contributed by atoms with Crippen LogP contribution in [0.25, 0.3) is 0 Å². The maximum Gasteiger partial charge on any atom is 0.328 e. The van der Waals surface area contributed by atoms with Crippen molar-refractivity contribution in [1.82, 2.24) is 10.2 Å². The molecule has 98 valence electrons. The number of carbonyl (C=O) groups excluding carboxylic acids is 1. The predicted molar refractivity (Wildman–Crippen MR) is 61.7 cm³/mol. The van der Waals surface area contributed by atoms with Crippen LogP contribution in [0, 0.1) is 0 Å². The highest BCUT2D eigenvalue weighted by atomic mass is 16.4. The Balaban J connectivity index is 2.54. The smallest absolute Gasteiger partial charge is 0.328 e. The molecule has 2 unspecified atom stereocenters. The first-order chi connectivity index (χ1) is 7.93. The van der Waals surface area contributed by atoms with E-state index in [1.807, 2.05) is 0 Å². The monoisotopic (exact) mass is 244 g/mol. The van der Waals surface area contributed by atoms with Gasteiger partial charge in [-0.3, -0.25) is 0 Å². The van der Waals surface area contributed by atoms with E-state index in [0.29, 0.717) is 0 Å². The Labute approximate surface area is 101 Å². The second-order valence-electron chi connectivity index (χ2n) is 4.56. The van der Waals surface area contributed by atoms with Crippen LogP contribution in [0.1, 0.15) is 32.6 Å². The van der Waals surface area contributed by atoms with Gasteiger partial charge in [0.15, 0.2) is 6.04 Å². The van der Waals surface area contributed by atoms with Crippen molar-refractivity contribution in [2.75, 3.05) is 7.05 Å². The summed E-state index contributed by atoms with van der Waals surface area (Å²) < 4.78 is 0. The van der Waals surface area contributed by atoms with Crippen molar-refractivity contribution >= 4 is 12.0 Å². The second kappa shape index (κ2) is 5.86. The molecule has 1 aliphatic rings. The van der Waals surface area contributed by atoms with Crippen molar-refractivity contribution in [3.05, 3.63) is 0 Å². The van der Waals surface area contributed by atoms with Crippen LogP contribution in [0.15, 0.2) is 0 Å². The quantitative estimate of drug-likeness (QED) is 0.668. The minimum Gasteiger partial charge on any atom is -0.480 e. The lowest BCUT2D eigenvalue weighted by atomic mass is 10.2. The number of nitrogens with zero attached hydrogens (tertiary/aromatic N) is 1. The minimum atomic E-state index is -1.26. The SMILES string of the molecule is CC(O)C(NC(=O)N(C)C1CCCC1)C(=O)O. The van der Waals surface area contributed by atoms with E-state index in [4.69, 9.17) is 5.11 Å². The van der Waals surface area contributed by atoms with Gasteiger partial charge >= 0.3 is 12.0 Å². The van der Waals surface area contributed by atoms with Gasteiger partial charge in [0.2, 0.25) is 0 Å². The van der Waals surface area contributed by atoms with Crippen LogP contribution in [0.5, 0.6) is 0 Å². The van der Waals surface area contributed by atoms with Crippen molar-refractivity contribution in [3.8, 4) is 0 Å². The van der Waals surface area contributed by atoms with Crippen molar-refractivity contribution in [1.29, 1.82) is 0 Å². The summed E-state index contributed by atoms with van der Waals surface area (Å²) in [4.78, 5) is 24.1. The molecule has 6 heteroatoms. The highest BCUT2D eigenvalue weighted by Gasteiger charge is 2.29. The van der Waals surface area contributed by atoms with Crippen LogP contribution in [-0.4, -0.2) is 52.3 Å². The lowest BCUT2D eigenvalue weighted by Gasteiger charge is -2.27. The van der Waals surface area contributed by atoms with Gasteiger partial charge < -0.3 is 20.4 Å². The summed E-state index contributed by atoms with van der Waals surface area (Å²) in [5.74, 6) is -1.23. The summed E-state index contributed by atoms with van der Waals surface area (Å²) in [6.07, 6.45) is 2.99. The van der Waals surface area contributed by atoms with Crippen molar-refractivity contribution in [2.45, 2.75) is 50.8 Å². The van der Waals surface area contributed by atoms with Crippen molar-refractivity contribution in [3.63, 3.8) is 0 Å². The van der Waals surface area contributed by atoms with Crippen LogP contribution in [-0.2, 0) is 4.79 Å². The minimum absolute atomic E-state index is 0.179. The number of aliphatic hydroxyl groups excluding tert-OH is 1. The van der Waals surface area contributed by atoms with Crippen molar-refractivity contribution in [2.24, 2.45) is 0 Å². The fourth-order valence-corrected chi connectivity index (χ4v) is 2.08. The normalized spacial score (nSPS) is 19.7. The van der Waals surface area contributed by atoms with Crippen LogP contribution >= 0.6 is 0 Å². The molecule has 0 bridgehead atoms. The average molecular weight is 244 g/mol. The molecular formula is C11H20N2O4. The number of aliphatic hydroxyl groups is 1. The zero-order valence-electron chi connectivity index (χ0n) is 10.2. The third kappa shape index (κ3) is 3.59. The van der Waals surface area contributed by atoms with E-state index in [1.54, 1.807) is 7.05 Å². The highest BCUT2D eigenvalue weighted by molar-refractivity contribution is 5.83. The summed E-state index contributed by atoms with van der Waals surface area (Å²) in [6.45, 7) is 1.34. The van der Waals surface area contributed by atoms with Crippen LogP contribution in [0.3, 0.4) is 0 Å². The number of carboxylic acids is 1. The van der Waals surface area contributed by atoms with Gasteiger partial charge in [0.1, 0.15) is 0 Å². The van der Waals surface area contributed by atoms with Crippen LogP contribution in [0.2, 0.25) is 0 Å². The number of urea groups is 1. The molecule has 0 aromatic heterocycles. The molecule has 1 saturated carbocycles. The average Bonchev–Trinajstić information content (AvgIpc) is 2.76. The van der Waals surface area contributed by atoms with Gasteiger partial charge in [-0.2, -0.15) is 0 Å². The molecule has 0 saturated heterocycles. The Kier molecular flexibility index (Phi) is 4.74. The fourth-order valence-electron chi connectivity index (χ4n) is 2.08. The lowest BCUT2D eigenvalue weighted by Crippen LogP contribution is -2.53. The Bertz CT molecular complexity index is 287. The molecule has 1 aliphatic carbocycles. The van der Waals surface area contributed by atoms with Gasteiger partial charge in [-0.25, -0.2) is 9.59 Å². The van der Waals surface area contributed by atoms with Crippen LogP contribution < -0.4 is 5.32 Å². The third-order valence-corrected chi connectivity index (χ3v) is 3.22. The van der Waals surface area contributed by atoms with E-state index in [1.165, 1.54) is 11.8 Å². The Morgan fingerprint density at radius 2 is 1.88 bits per heavy atom. The Hall–Kier alpha value is -1.30. The summed E-state index contributed by atoms with van der Waals surface area (Å²) in [5.41, 5.74) is 0. The Morgan fingerprint density at radius 3 is 2.29 bits per heavy atom. The molecule has 0 radical (unpaired) electrons. The van der Waals surface area contributed by atoms with Gasteiger partial charge in [-0.05, 0) is 19.8 Å². The number of aliphatic carboxylic acids is 1. The van der Waals surface area contributed by atoms with Crippen molar-refractivity contribution < 1.29 is 19.8 Å². The summed E-state index contributed by atoms with van der Waals surface area (Å²) in [5, 5.41) is 20.4. The highest BCUT2D eigenvalue weighted by Crippen LogP contribution is 2.22. The molecule has 0 heterocycles. The zero-order valence-corrected chi connectivity index (χ0v) is 10.2. The van der Waals surface area contributed by atoms with E-state index in [-0.39, 0.29) is 6.04 Å². The van der Waals surface area contributed by atoms with E-state index in [9.17, 15) is 14.7 Å². The molecule has 3 N–H and O–H groups in total. The third-order valence-electron chi connectivity index (χ3n) is 3.22. The van der Waals surface area contributed by atoms with Gasteiger partial charge in [0, 0.05) is 13.1 Å². The molecule has 2 amide bonds. The number of hydrogen-bond donors (Lipinski definition) is 3. The van der Waals surface area contributed by atoms with E-state index >= 15 is 0 Å². The molecule has 2 atom stereocenters. The summed E-state index contributed by atoms with van der Waals surface area (Å²) in [6, 6.07) is -1.52. The summed E-state index contributed by atoms with van der Waals surface area (Å²) in [7, 11) is 1.66. The molecule has 17 heavy (non-hydrogen) atoms. The largest absolute Gasteiger partial charge is 0.480 e. The number of carbonyl (C=O) groups is 2. The first kappa shape index (κ1) is 13.8. The number of rotatable bonds is 4. The topological polar surface area (TPSA) is 89.9 Å². The van der Waals surface area contributed by atoms with Gasteiger partial charge in [-0.15, -0.1) is 0 Å². The standard InChI is InChI=1S/C11H20N2O4/c1-7(14)9(10(15)16)12-11(17)13(2)8-5-3-4-6-8/h7-9,14H,3-6H2,1-2H3,(H,12,17)(H,15,16). The lowest BCUT2D eigenvalue weighted by molar-refractivity contribution is -0.141. The van der Waals surface area contributed by atoms with E-state index in [2.05, 4.69) is 5.32 Å². The van der Waals surface area contributed by atoms with E-state index < -0.39 is 24.1 Å². The van der Waals surface area contributed by atoms with E-state index in [0.717, 1.165) is 25.7 Å². The summed E-state index contributed by atoms with van der Waals surface area (Å²) >= 11 is 0. The number of hydrogen-bond acceptors (Lipinski definition) is 3. The second-order valence-corrected chi connectivity index (χ2v) is 4.56. The zero-order chi connectivity index (χ0) is 13.0. The molecule has 0 spiro atoms. The molecule has 1 rings (SSSR count). The molecule has 0 aromatic rings. The number of carboxylic acid groups (broad SMARTS) is 1. The number of nitrogens with one attached hydrogen (secondary N) is 1. The van der Waals surface area contributed by atoms with Gasteiger partial charge in [-0.1, -0.05) is 12.8 Å². The molecule has 0 aromatic carbocycles. The molecule has 6 nitrogen and oxygen atoms in total. The van der Waals surface area contributed by atoms with Crippen LogP contribution in [0.4, 0.5) is 4.79 Å². The molecular weight excluding hydrogens is 224 g/mol. The first-order valence-electron chi connectivity index (χ1n) is 5.87. The maximum atomic E-state index is 11.8.